The van der Waals surface area contributed by atoms with Crippen molar-refractivity contribution in [3.05, 3.63) is 84.0 Å². The van der Waals surface area contributed by atoms with Crippen LogP contribution in [0.15, 0.2) is 71.5 Å². The number of halogens is 1. The lowest BCUT2D eigenvalue weighted by atomic mass is 9.76. The summed E-state index contributed by atoms with van der Waals surface area (Å²) >= 11 is 0. The molecule has 2 unspecified atom stereocenters. The third-order valence-electron chi connectivity index (χ3n) is 6.32. The standard InChI is InChI=1S/C21H22FNO2.C5H9N/c1-15-13-23(14-16-5-3-2-4-6-16)9-8-21(15,24)19-12-18(22)11-17-7-10-25-20(17)19;1-2-4-6-5-3-1/h2-7,10-12,15,24H,8-9,13-14H2,1H3;2,4,6H,1,3,5H2. The van der Waals surface area contributed by atoms with Gasteiger partial charge in [0.1, 0.15) is 11.4 Å². The molecule has 0 radical (unpaired) electrons. The molecule has 0 bridgehead atoms. The number of fused-ring (bicyclic) bond motifs is 1. The Bertz CT molecular complexity index is 1010. The van der Waals surface area contributed by atoms with Crippen molar-refractivity contribution >= 4 is 11.0 Å². The van der Waals surface area contributed by atoms with Crippen molar-refractivity contribution in [2.75, 3.05) is 19.6 Å². The third kappa shape index (κ3) is 5.00. The van der Waals surface area contributed by atoms with Gasteiger partial charge in [-0.3, -0.25) is 4.90 Å². The van der Waals surface area contributed by atoms with Crippen molar-refractivity contribution in [2.24, 2.45) is 5.92 Å². The molecule has 164 valence electrons. The Morgan fingerprint density at radius 3 is 2.71 bits per heavy atom. The van der Waals surface area contributed by atoms with E-state index in [1.807, 2.05) is 31.3 Å². The van der Waals surface area contributed by atoms with Gasteiger partial charge >= 0.3 is 0 Å². The Morgan fingerprint density at radius 2 is 2.06 bits per heavy atom. The summed E-state index contributed by atoms with van der Waals surface area (Å²) < 4.78 is 19.6. The van der Waals surface area contributed by atoms with Crippen LogP contribution in [0, 0.1) is 11.7 Å². The monoisotopic (exact) mass is 422 g/mol. The number of likely N-dealkylation sites (tertiary alicyclic amines) is 1. The number of benzene rings is 2. The maximum Gasteiger partial charge on any atom is 0.140 e. The van der Waals surface area contributed by atoms with Gasteiger partial charge in [0.15, 0.2) is 0 Å². The summed E-state index contributed by atoms with van der Waals surface area (Å²) in [6.45, 7) is 5.56. The maximum absolute atomic E-state index is 14.0. The molecule has 31 heavy (non-hydrogen) atoms. The highest BCUT2D eigenvalue weighted by Gasteiger charge is 2.42. The lowest BCUT2D eigenvalue weighted by molar-refractivity contribution is -0.0724. The second kappa shape index (κ2) is 9.67. The average molecular weight is 423 g/mol. The van der Waals surface area contributed by atoms with E-state index in [0.717, 1.165) is 26.2 Å². The first kappa shape index (κ1) is 21.6. The Kier molecular flexibility index (Phi) is 6.73. The van der Waals surface area contributed by atoms with Crippen molar-refractivity contribution in [2.45, 2.75) is 38.3 Å². The summed E-state index contributed by atoms with van der Waals surface area (Å²) in [5, 5.41) is 15.2. The third-order valence-corrected chi connectivity index (χ3v) is 6.32. The molecule has 2 atom stereocenters. The lowest BCUT2D eigenvalue weighted by Gasteiger charge is -2.43. The van der Waals surface area contributed by atoms with E-state index in [9.17, 15) is 9.50 Å². The van der Waals surface area contributed by atoms with Crippen LogP contribution < -0.4 is 5.32 Å². The van der Waals surface area contributed by atoms with E-state index in [1.54, 1.807) is 12.3 Å². The number of nitrogens with one attached hydrogen (secondary N) is 1. The van der Waals surface area contributed by atoms with E-state index in [0.29, 0.717) is 23.0 Å². The summed E-state index contributed by atoms with van der Waals surface area (Å²) in [6.07, 6.45) is 8.84. The highest BCUT2D eigenvalue weighted by atomic mass is 19.1. The number of allylic oxidation sites excluding steroid dienone is 1. The summed E-state index contributed by atoms with van der Waals surface area (Å²) in [4.78, 5) is 2.34. The summed E-state index contributed by atoms with van der Waals surface area (Å²) in [5.74, 6) is -0.365. The van der Waals surface area contributed by atoms with E-state index < -0.39 is 5.60 Å². The minimum Gasteiger partial charge on any atom is -0.464 e. The fourth-order valence-electron chi connectivity index (χ4n) is 4.53. The maximum atomic E-state index is 14.0. The first-order chi connectivity index (χ1) is 15.1. The molecule has 0 aliphatic carbocycles. The Labute approximate surface area is 183 Å². The second-order valence-corrected chi connectivity index (χ2v) is 8.59. The average Bonchev–Trinajstić information content (AvgIpc) is 3.26. The lowest BCUT2D eigenvalue weighted by Crippen LogP contribution is -2.48. The van der Waals surface area contributed by atoms with Gasteiger partial charge in [-0.1, -0.05) is 43.3 Å². The molecule has 2 aliphatic heterocycles. The molecule has 4 nitrogen and oxygen atoms in total. The van der Waals surface area contributed by atoms with E-state index in [-0.39, 0.29) is 11.7 Å². The number of rotatable bonds is 3. The van der Waals surface area contributed by atoms with Crippen LogP contribution in [0.3, 0.4) is 0 Å². The zero-order valence-electron chi connectivity index (χ0n) is 18.1. The molecular weight excluding hydrogens is 391 g/mol. The molecule has 5 heteroatoms. The zero-order chi connectivity index (χ0) is 21.7. The van der Waals surface area contributed by atoms with Gasteiger partial charge in [-0.2, -0.15) is 0 Å². The Balaban J connectivity index is 0.000000334. The first-order valence-corrected chi connectivity index (χ1v) is 11.1. The van der Waals surface area contributed by atoms with Crippen LogP contribution in [0.5, 0.6) is 0 Å². The second-order valence-electron chi connectivity index (χ2n) is 8.59. The van der Waals surface area contributed by atoms with Gasteiger partial charge in [0.05, 0.1) is 11.9 Å². The van der Waals surface area contributed by atoms with Gasteiger partial charge < -0.3 is 14.8 Å². The van der Waals surface area contributed by atoms with Crippen LogP contribution in [-0.2, 0) is 12.1 Å². The number of furan rings is 1. The summed E-state index contributed by atoms with van der Waals surface area (Å²) in [6, 6.07) is 14.9. The molecule has 1 saturated heterocycles. The smallest absolute Gasteiger partial charge is 0.140 e. The molecule has 0 amide bonds. The van der Waals surface area contributed by atoms with Crippen LogP contribution in [-0.4, -0.2) is 29.6 Å². The predicted molar refractivity (Wildman–Crippen MR) is 122 cm³/mol. The molecular formula is C26H31FN2O2. The number of nitrogens with zero attached hydrogens (tertiary/aromatic N) is 1. The Morgan fingerprint density at radius 1 is 1.23 bits per heavy atom. The van der Waals surface area contributed by atoms with E-state index >= 15 is 0 Å². The topological polar surface area (TPSA) is 48.6 Å². The van der Waals surface area contributed by atoms with E-state index in [4.69, 9.17) is 4.42 Å². The molecule has 1 fully saturated rings. The van der Waals surface area contributed by atoms with Crippen LogP contribution in [0.2, 0.25) is 0 Å². The van der Waals surface area contributed by atoms with E-state index in [2.05, 4.69) is 28.4 Å². The van der Waals surface area contributed by atoms with Gasteiger partial charge in [0, 0.05) is 43.0 Å². The normalized spacial score (nSPS) is 23.8. The fourth-order valence-corrected chi connectivity index (χ4v) is 4.53. The van der Waals surface area contributed by atoms with E-state index in [1.165, 1.54) is 30.5 Å². The summed E-state index contributed by atoms with van der Waals surface area (Å²) in [5.41, 5.74) is 1.34. The van der Waals surface area contributed by atoms with Gasteiger partial charge in [0.25, 0.3) is 0 Å². The molecule has 2 aliphatic rings. The fraction of sp³-hybridized carbons (Fsp3) is 0.385. The minimum absolute atomic E-state index is 0.0277. The highest BCUT2D eigenvalue weighted by molar-refractivity contribution is 5.81. The number of hydrogen-bond donors (Lipinski definition) is 2. The zero-order valence-corrected chi connectivity index (χ0v) is 18.1. The first-order valence-electron chi connectivity index (χ1n) is 11.1. The molecule has 2 aromatic carbocycles. The molecule has 3 heterocycles. The molecule has 0 spiro atoms. The van der Waals surface area contributed by atoms with Crippen LogP contribution in [0.25, 0.3) is 11.0 Å². The van der Waals surface area contributed by atoms with Crippen molar-refractivity contribution in [3.8, 4) is 0 Å². The molecule has 2 N–H and O–H groups in total. The minimum atomic E-state index is -1.08. The molecule has 5 rings (SSSR count). The quantitative estimate of drug-likeness (QED) is 0.610. The van der Waals surface area contributed by atoms with Gasteiger partial charge in [-0.15, -0.1) is 0 Å². The molecule has 0 saturated carbocycles. The number of aliphatic hydroxyl groups is 1. The van der Waals surface area contributed by atoms with Gasteiger partial charge in [0.2, 0.25) is 0 Å². The van der Waals surface area contributed by atoms with Crippen molar-refractivity contribution in [1.82, 2.24) is 10.2 Å². The van der Waals surface area contributed by atoms with Crippen LogP contribution >= 0.6 is 0 Å². The largest absolute Gasteiger partial charge is 0.464 e. The van der Waals surface area contributed by atoms with Crippen molar-refractivity contribution in [1.29, 1.82) is 0 Å². The Hall–Kier alpha value is -2.63. The SMILES string of the molecule is C1=CNCCC1.CC1CN(Cc2ccccc2)CCC1(O)c1cc(F)cc2ccoc12. The molecule has 3 aromatic rings. The van der Waals surface area contributed by atoms with Crippen LogP contribution in [0.4, 0.5) is 4.39 Å². The molecule has 1 aromatic heterocycles. The highest BCUT2D eigenvalue weighted by Crippen LogP contribution is 2.41. The van der Waals surface area contributed by atoms with Crippen molar-refractivity contribution in [3.63, 3.8) is 0 Å². The summed E-state index contributed by atoms with van der Waals surface area (Å²) in [7, 11) is 0. The number of piperidine rings is 1. The van der Waals surface area contributed by atoms with Gasteiger partial charge in [-0.05, 0) is 49.2 Å². The number of hydrogen-bond acceptors (Lipinski definition) is 4. The van der Waals surface area contributed by atoms with Gasteiger partial charge in [-0.25, -0.2) is 4.39 Å². The predicted octanol–water partition coefficient (Wildman–Crippen LogP) is 5.19. The van der Waals surface area contributed by atoms with Crippen molar-refractivity contribution < 1.29 is 13.9 Å². The van der Waals surface area contributed by atoms with Crippen LogP contribution in [0.1, 0.15) is 37.3 Å².